The first-order valence-corrected chi connectivity index (χ1v) is 8.46. The molecular weight excluding hydrogens is 286 g/mol. The summed E-state index contributed by atoms with van der Waals surface area (Å²) < 4.78 is 5.22. The van der Waals surface area contributed by atoms with Gasteiger partial charge >= 0.3 is 5.97 Å². The highest BCUT2D eigenvalue weighted by atomic mass is 32.2. The molecule has 1 aliphatic rings. The van der Waals surface area contributed by atoms with Crippen molar-refractivity contribution in [1.29, 1.82) is 0 Å². The Morgan fingerprint density at radius 1 is 1.57 bits per heavy atom. The van der Waals surface area contributed by atoms with E-state index in [-0.39, 0.29) is 5.97 Å². The van der Waals surface area contributed by atoms with Gasteiger partial charge in [0.15, 0.2) is 0 Å². The average Bonchev–Trinajstić information content (AvgIpc) is 3.29. The highest BCUT2D eigenvalue weighted by Crippen LogP contribution is 2.27. The molecule has 0 aliphatic heterocycles. The standard InChI is InChI=1S/C15H23N3O2S/c1-3-20-14(19)15(2,18-12-5-6-12)8-4-10-21-13-7-9-16-11-17-13/h7,9,11-12,18H,3-6,8,10H2,1-2H3. The summed E-state index contributed by atoms with van der Waals surface area (Å²) in [4.78, 5) is 20.3. The molecule has 1 aliphatic carbocycles. The van der Waals surface area contributed by atoms with Crippen LogP contribution < -0.4 is 5.32 Å². The molecule has 116 valence electrons. The van der Waals surface area contributed by atoms with Gasteiger partial charge in [0.1, 0.15) is 11.9 Å². The third-order valence-corrected chi connectivity index (χ3v) is 4.48. The molecule has 0 amide bonds. The van der Waals surface area contributed by atoms with Crippen LogP contribution >= 0.6 is 11.8 Å². The zero-order valence-corrected chi connectivity index (χ0v) is 13.5. The smallest absolute Gasteiger partial charge is 0.326 e. The molecule has 1 atom stereocenters. The van der Waals surface area contributed by atoms with Crippen LogP contribution in [0.5, 0.6) is 0 Å². The number of esters is 1. The maximum absolute atomic E-state index is 12.2. The Morgan fingerprint density at radius 3 is 3.00 bits per heavy atom. The van der Waals surface area contributed by atoms with E-state index in [1.165, 1.54) is 0 Å². The number of aromatic nitrogens is 2. The van der Waals surface area contributed by atoms with E-state index < -0.39 is 5.54 Å². The Morgan fingerprint density at radius 2 is 2.38 bits per heavy atom. The minimum atomic E-state index is -0.566. The van der Waals surface area contributed by atoms with E-state index in [2.05, 4.69) is 15.3 Å². The van der Waals surface area contributed by atoms with Gasteiger partial charge in [-0.05, 0) is 51.3 Å². The van der Waals surface area contributed by atoms with Crippen LogP contribution in [-0.2, 0) is 9.53 Å². The molecule has 1 aromatic heterocycles. The van der Waals surface area contributed by atoms with Gasteiger partial charge in [-0.25, -0.2) is 9.97 Å². The molecule has 6 heteroatoms. The van der Waals surface area contributed by atoms with Crippen molar-refractivity contribution in [3.05, 3.63) is 18.6 Å². The molecule has 0 bridgehead atoms. The minimum absolute atomic E-state index is 0.135. The summed E-state index contributed by atoms with van der Waals surface area (Å²) in [5.74, 6) is 0.794. The van der Waals surface area contributed by atoms with E-state index in [1.54, 1.807) is 24.3 Å². The quantitative estimate of drug-likeness (QED) is 0.327. The molecule has 0 spiro atoms. The number of rotatable bonds is 9. The predicted molar refractivity (Wildman–Crippen MR) is 83.2 cm³/mol. The normalized spacial score (nSPS) is 17.2. The summed E-state index contributed by atoms with van der Waals surface area (Å²) in [5, 5.41) is 4.41. The third-order valence-electron chi connectivity index (χ3n) is 3.45. The van der Waals surface area contributed by atoms with Crippen molar-refractivity contribution in [3.8, 4) is 0 Å². The maximum atomic E-state index is 12.2. The number of thioether (sulfide) groups is 1. The number of hydrogen-bond acceptors (Lipinski definition) is 6. The number of carbonyl (C=O) groups excluding carboxylic acids is 1. The number of carbonyl (C=O) groups is 1. The largest absolute Gasteiger partial charge is 0.465 e. The molecule has 1 saturated carbocycles. The summed E-state index contributed by atoms with van der Waals surface area (Å²) >= 11 is 1.69. The van der Waals surface area contributed by atoms with Crippen LogP contribution in [0.1, 0.15) is 39.5 Å². The summed E-state index contributed by atoms with van der Waals surface area (Å²) in [6, 6.07) is 2.38. The molecule has 0 aromatic carbocycles. The number of nitrogens with one attached hydrogen (secondary N) is 1. The molecule has 5 nitrogen and oxygen atoms in total. The molecule has 1 heterocycles. The summed E-state index contributed by atoms with van der Waals surface area (Å²) in [6.07, 6.45) is 7.33. The van der Waals surface area contributed by atoms with Crippen LogP contribution in [0.4, 0.5) is 0 Å². The number of nitrogens with zero attached hydrogens (tertiary/aromatic N) is 2. The monoisotopic (exact) mass is 309 g/mol. The van der Waals surface area contributed by atoms with Crippen LogP contribution in [0, 0.1) is 0 Å². The number of ether oxygens (including phenoxy) is 1. The van der Waals surface area contributed by atoms with Crippen molar-refractivity contribution >= 4 is 17.7 Å². The maximum Gasteiger partial charge on any atom is 0.326 e. The Bertz CT molecular complexity index is 453. The topological polar surface area (TPSA) is 64.1 Å². The second-order valence-corrected chi connectivity index (χ2v) is 6.59. The second kappa shape index (κ2) is 7.75. The Kier molecular flexibility index (Phi) is 5.99. The van der Waals surface area contributed by atoms with E-state index in [0.29, 0.717) is 12.6 Å². The van der Waals surface area contributed by atoms with Crippen LogP contribution in [0.25, 0.3) is 0 Å². The fourth-order valence-electron chi connectivity index (χ4n) is 2.17. The Labute approximate surface area is 130 Å². The second-order valence-electron chi connectivity index (χ2n) is 5.47. The van der Waals surface area contributed by atoms with Crippen LogP contribution in [0.2, 0.25) is 0 Å². The highest BCUT2D eigenvalue weighted by Gasteiger charge is 2.39. The van der Waals surface area contributed by atoms with Crippen molar-refractivity contribution in [2.45, 2.75) is 56.1 Å². The first-order valence-electron chi connectivity index (χ1n) is 7.48. The lowest BCUT2D eigenvalue weighted by molar-refractivity contribution is -0.151. The molecule has 0 radical (unpaired) electrons. The first kappa shape index (κ1) is 16.2. The predicted octanol–water partition coefficient (Wildman–Crippen LogP) is 2.42. The lowest BCUT2D eigenvalue weighted by atomic mass is 9.96. The highest BCUT2D eigenvalue weighted by molar-refractivity contribution is 7.99. The molecule has 0 saturated heterocycles. The first-order chi connectivity index (χ1) is 10.1. The SMILES string of the molecule is CCOC(=O)C(C)(CCCSc1ccncn1)NC1CC1. The Hall–Kier alpha value is -1.14. The average molecular weight is 309 g/mol. The van der Waals surface area contributed by atoms with Crippen LogP contribution in [-0.4, -0.2) is 39.9 Å². The lowest BCUT2D eigenvalue weighted by Crippen LogP contribution is -2.51. The Balaban J connectivity index is 1.79. The summed E-state index contributed by atoms with van der Waals surface area (Å²) in [7, 11) is 0. The lowest BCUT2D eigenvalue weighted by Gasteiger charge is -2.28. The third kappa shape index (κ3) is 5.28. The van der Waals surface area contributed by atoms with E-state index in [9.17, 15) is 4.79 Å². The van der Waals surface area contributed by atoms with Gasteiger partial charge in [0, 0.05) is 12.2 Å². The van der Waals surface area contributed by atoms with Gasteiger partial charge in [0.2, 0.25) is 0 Å². The minimum Gasteiger partial charge on any atom is -0.465 e. The molecule has 1 unspecified atom stereocenters. The van der Waals surface area contributed by atoms with E-state index in [4.69, 9.17) is 4.74 Å². The summed E-state index contributed by atoms with van der Waals surface area (Å²) in [6.45, 7) is 4.23. The van der Waals surface area contributed by atoms with E-state index in [0.717, 1.165) is 36.5 Å². The van der Waals surface area contributed by atoms with Crippen molar-refractivity contribution < 1.29 is 9.53 Å². The van der Waals surface area contributed by atoms with Crippen molar-refractivity contribution in [2.75, 3.05) is 12.4 Å². The fourth-order valence-corrected chi connectivity index (χ4v) is 2.94. The van der Waals surface area contributed by atoms with Gasteiger partial charge in [-0.2, -0.15) is 0 Å². The van der Waals surface area contributed by atoms with Crippen LogP contribution in [0.15, 0.2) is 23.6 Å². The molecular formula is C15H23N3O2S. The van der Waals surface area contributed by atoms with Gasteiger partial charge in [-0.1, -0.05) is 0 Å². The van der Waals surface area contributed by atoms with Gasteiger partial charge in [0.25, 0.3) is 0 Å². The van der Waals surface area contributed by atoms with Gasteiger partial charge < -0.3 is 4.74 Å². The molecule has 1 N–H and O–H groups in total. The molecule has 1 fully saturated rings. The van der Waals surface area contributed by atoms with Crippen molar-refractivity contribution in [1.82, 2.24) is 15.3 Å². The molecule has 2 rings (SSSR count). The zero-order valence-electron chi connectivity index (χ0n) is 12.7. The number of hydrogen-bond donors (Lipinski definition) is 1. The van der Waals surface area contributed by atoms with Crippen molar-refractivity contribution in [2.24, 2.45) is 0 Å². The molecule has 1 aromatic rings. The molecule has 21 heavy (non-hydrogen) atoms. The van der Waals surface area contributed by atoms with Gasteiger partial charge in [0.05, 0.1) is 11.6 Å². The van der Waals surface area contributed by atoms with Gasteiger partial charge in [-0.15, -0.1) is 11.8 Å². The van der Waals surface area contributed by atoms with Crippen molar-refractivity contribution in [3.63, 3.8) is 0 Å². The fraction of sp³-hybridized carbons (Fsp3) is 0.667. The zero-order chi connectivity index (χ0) is 15.1. The van der Waals surface area contributed by atoms with Gasteiger partial charge in [-0.3, -0.25) is 10.1 Å². The van der Waals surface area contributed by atoms with E-state index in [1.807, 2.05) is 19.9 Å². The van der Waals surface area contributed by atoms with E-state index >= 15 is 0 Å². The van der Waals surface area contributed by atoms with Crippen LogP contribution in [0.3, 0.4) is 0 Å². The summed E-state index contributed by atoms with van der Waals surface area (Å²) in [5.41, 5.74) is -0.566.